The van der Waals surface area contributed by atoms with Gasteiger partial charge in [0.05, 0.1) is 36.7 Å². The van der Waals surface area contributed by atoms with Crippen LogP contribution in [0.25, 0.3) is 44.5 Å². The molecule has 48 heavy (non-hydrogen) atoms. The number of aryl methyl sites for hydroxylation is 2. The maximum absolute atomic E-state index is 11.7. The zero-order chi connectivity index (χ0) is 33.6. The van der Waals surface area contributed by atoms with E-state index in [1.807, 2.05) is 48.5 Å². The number of carbonyl (C=O) groups is 2. The summed E-state index contributed by atoms with van der Waals surface area (Å²) in [5.74, 6) is -0.685. The Balaban J connectivity index is 1.12. The van der Waals surface area contributed by atoms with Gasteiger partial charge in [-0.15, -0.1) is 0 Å². The molecule has 0 saturated heterocycles. The number of carbonyl (C=O) groups excluding carboxylic acids is 2. The number of esters is 2. The number of methoxy groups -OCH3 is 2. The standard InChI is InChI=1S/C42H34N2O4/c1-27-25-37(21-23-39(27)33-13-5-29(6-14-33)31-9-17-35(18-10-31)41(45)47-3)43-44-38-22-24-40(28(2)26-38)34-15-7-30(8-16-34)32-11-19-36(20-12-32)42(46)48-4/h5-26H,1-4H3. The average molecular weight is 631 g/mol. The maximum Gasteiger partial charge on any atom is 0.337 e. The number of hydrogen-bond acceptors (Lipinski definition) is 6. The van der Waals surface area contributed by atoms with Crippen LogP contribution in [0.4, 0.5) is 11.4 Å². The third-order valence-corrected chi connectivity index (χ3v) is 8.37. The Labute approximate surface area is 280 Å². The van der Waals surface area contributed by atoms with Crippen molar-refractivity contribution in [1.29, 1.82) is 0 Å². The Morgan fingerprint density at radius 3 is 1.00 bits per heavy atom. The lowest BCUT2D eigenvalue weighted by Gasteiger charge is -2.09. The normalized spacial score (nSPS) is 11.0. The van der Waals surface area contributed by atoms with Crippen LogP contribution in [-0.4, -0.2) is 26.2 Å². The molecule has 0 aliphatic heterocycles. The van der Waals surface area contributed by atoms with Crippen LogP contribution in [0.5, 0.6) is 0 Å². The SMILES string of the molecule is COC(=O)c1ccc(-c2ccc(-c3ccc(N=Nc4ccc(-c5ccc(-c6ccc(C(=O)OC)cc6)cc5)c(C)c4)cc3C)cc2)cc1. The first-order chi connectivity index (χ1) is 23.3. The van der Waals surface area contributed by atoms with Gasteiger partial charge in [0.1, 0.15) is 0 Å². The largest absolute Gasteiger partial charge is 0.465 e. The van der Waals surface area contributed by atoms with E-state index in [1.165, 1.54) is 14.2 Å². The van der Waals surface area contributed by atoms with Gasteiger partial charge in [-0.05, 0) is 118 Å². The first-order valence-electron chi connectivity index (χ1n) is 15.5. The van der Waals surface area contributed by atoms with E-state index in [2.05, 4.69) is 84.7 Å². The Kier molecular flexibility index (Phi) is 9.35. The van der Waals surface area contributed by atoms with Gasteiger partial charge >= 0.3 is 11.9 Å². The first-order valence-corrected chi connectivity index (χ1v) is 15.5. The highest BCUT2D eigenvalue weighted by atomic mass is 16.5. The minimum Gasteiger partial charge on any atom is -0.465 e. The Morgan fingerprint density at radius 1 is 0.417 bits per heavy atom. The van der Waals surface area contributed by atoms with Crippen LogP contribution in [0.2, 0.25) is 0 Å². The minimum atomic E-state index is -0.342. The summed E-state index contributed by atoms with van der Waals surface area (Å²) in [6.45, 7) is 4.16. The second-order valence-electron chi connectivity index (χ2n) is 11.5. The molecule has 0 heterocycles. The van der Waals surface area contributed by atoms with Gasteiger partial charge in [-0.1, -0.05) is 84.9 Å². The average Bonchev–Trinajstić information content (AvgIpc) is 3.14. The van der Waals surface area contributed by atoms with E-state index in [-0.39, 0.29) is 11.9 Å². The lowest BCUT2D eigenvalue weighted by molar-refractivity contribution is 0.0592. The van der Waals surface area contributed by atoms with E-state index < -0.39 is 0 Å². The molecule has 0 aliphatic rings. The molecule has 0 spiro atoms. The highest BCUT2D eigenvalue weighted by Gasteiger charge is 2.09. The molecule has 0 radical (unpaired) electrons. The van der Waals surface area contributed by atoms with Crippen LogP contribution in [0.3, 0.4) is 0 Å². The predicted molar refractivity (Wildman–Crippen MR) is 191 cm³/mol. The molecule has 6 heteroatoms. The number of hydrogen-bond donors (Lipinski definition) is 0. The molecule has 0 fully saturated rings. The summed E-state index contributed by atoms with van der Waals surface area (Å²) >= 11 is 0. The van der Waals surface area contributed by atoms with E-state index >= 15 is 0 Å². The highest BCUT2D eigenvalue weighted by molar-refractivity contribution is 5.90. The third-order valence-electron chi connectivity index (χ3n) is 8.37. The quantitative estimate of drug-likeness (QED) is 0.124. The molecule has 0 unspecified atom stereocenters. The molecule has 6 rings (SSSR count). The summed E-state index contributed by atoms with van der Waals surface area (Å²) < 4.78 is 9.58. The van der Waals surface area contributed by atoms with Crippen molar-refractivity contribution in [2.75, 3.05) is 14.2 Å². The minimum absolute atomic E-state index is 0.342. The van der Waals surface area contributed by atoms with Gasteiger partial charge < -0.3 is 9.47 Å². The Bertz CT molecular complexity index is 1960. The lowest BCUT2D eigenvalue weighted by atomic mass is 9.97. The highest BCUT2D eigenvalue weighted by Crippen LogP contribution is 2.32. The number of benzene rings is 6. The van der Waals surface area contributed by atoms with Gasteiger partial charge in [0.15, 0.2) is 0 Å². The summed E-state index contributed by atoms with van der Waals surface area (Å²) in [7, 11) is 2.76. The van der Waals surface area contributed by atoms with Crippen molar-refractivity contribution in [1.82, 2.24) is 0 Å². The van der Waals surface area contributed by atoms with E-state index in [0.717, 1.165) is 67.0 Å². The summed E-state index contributed by atoms with van der Waals surface area (Å²) in [5.41, 5.74) is 13.5. The summed E-state index contributed by atoms with van der Waals surface area (Å²) in [6.07, 6.45) is 0. The molecule has 236 valence electrons. The molecule has 0 aromatic heterocycles. The van der Waals surface area contributed by atoms with Crippen LogP contribution in [0.15, 0.2) is 144 Å². The number of rotatable bonds is 8. The van der Waals surface area contributed by atoms with Gasteiger partial charge in [-0.25, -0.2) is 9.59 Å². The fraction of sp³-hybridized carbons (Fsp3) is 0.0952. The molecule has 0 aliphatic carbocycles. The fourth-order valence-electron chi connectivity index (χ4n) is 5.70. The molecular formula is C42H34N2O4. The second kappa shape index (κ2) is 14.1. The summed E-state index contributed by atoms with van der Waals surface area (Å²) in [5, 5.41) is 9.05. The first kappa shape index (κ1) is 31.8. The molecule has 6 nitrogen and oxygen atoms in total. The van der Waals surface area contributed by atoms with Crippen LogP contribution < -0.4 is 0 Å². The van der Waals surface area contributed by atoms with Crippen molar-refractivity contribution in [2.45, 2.75) is 13.8 Å². The molecule has 0 bridgehead atoms. The number of azo groups is 1. The van der Waals surface area contributed by atoms with Crippen molar-refractivity contribution >= 4 is 23.3 Å². The Morgan fingerprint density at radius 2 is 0.708 bits per heavy atom. The molecular weight excluding hydrogens is 596 g/mol. The third kappa shape index (κ3) is 6.98. The fourth-order valence-corrected chi connectivity index (χ4v) is 5.70. The van der Waals surface area contributed by atoms with E-state index in [9.17, 15) is 9.59 Å². The molecule has 0 N–H and O–H groups in total. The zero-order valence-electron chi connectivity index (χ0n) is 27.2. The van der Waals surface area contributed by atoms with Crippen molar-refractivity contribution in [3.8, 4) is 44.5 Å². The van der Waals surface area contributed by atoms with Crippen LogP contribution >= 0.6 is 0 Å². The van der Waals surface area contributed by atoms with Crippen LogP contribution in [0.1, 0.15) is 31.8 Å². The Hall–Kier alpha value is -6.14. The van der Waals surface area contributed by atoms with Gasteiger partial charge in [0.2, 0.25) is 0 Å². The predicted octanol–water partition coefficient (Wildman–Crippen LogP) is 11.0. The lowest BCUT2D eigenvalue weighted by Crippen LogP contribution is -2.00. The van der Waals surface area contributed by atoms with Gasteiger partial charge in [-0.2, -0.15) is 10.2 Å². The van der Waals surface area contributed by atoms with Crippen molar-refractivity contribution in [3.63, 3.8) is 0 Å². The van der Waals surface area contributed by atoms with E-state index in [1.54, 1.807) is 24.3 Å². The number of ether oxygens (including phenoxy) is 2. The topological polar surface area (TPSA) is 77.3 Å². The van der Waals surface area contributed by atoms with E-state index in [4.69, 9.17) is 9.47 Å². The molecule has 0 amide bonds. The van der Waals surface area contributed by atoms with Crippen molar-refractivity contribution < 1.29 is 19.1 Å². The van der Waals surface area contributed by atoms with Crippen molar-refractivity contribution in [3.05, 3.63) is 156 Å². The van der Waals surface area contributed by atoms with E-state index in [0.29, 0.717) is 11.1 Å². The van der Waals surface area contributed by atoms with Gasteiger partial charge in [0, 0.05) is 0 Å². The maximum atomic E-state index is 11.7. The summed E-state index contributed by atoms with van der Waals surface area (Å²) in [6, 6.07) is 43.8. The molecule has 0 saturated carbocycles. The summed E-state index contributed by atoms with van der Waals surface area (Å²) in [4.78, 5) is 23.5. The van der Waals surface area contributed by atoms with Crippen LogP contribution in [0, 0.1) is 13.8 Å². The molecule has 6 aromatic rings. The van der Waals surface area contributed by atoms with Gasteiger partial charge in [-0.3, -0.25) is 0 Å². The monoisotopic (exact) mass is 630 g/mol. The smallest absolute Gasteiger partial charge is 0.337 e. The van der Waals surface area contributed by atoms with Crippen molar-refractivity contribution in [2.24, 2.45) is 10.2 Å². The molecule has 6 aromatic carbocycles. The molecule has 0 atom stereocenters. The van der Waals surface area contributed by atoms with Gasteiger partial charge in [0.25, 0.3) is 0 Å². The second-order valence-corrected chi connectivity index (χ2v) is 11.5. The zero-order valence-corrected chi connectivity index (χ0v) is 27.2. The van der Waals surface area contributed by atoms with Crippen LogP contribution in [-0.2, 0) is 9.47 Å². The number of nitrogens with zero attached hydrogens (tertiary/aromatic N) is 2.